The summed E-state index contributed by atoms with van der Waals surface area (Å²) in [4.78, 5) is 103. The summed E-state index contributed by atoms with van der Waals surface area (Å²) in [6.45, 7) is 58.4. The first-order valence-electron chi connectivity index (χ1n) is 33.2. The summed E-state index contributed by atoms with van der Waals surface area (Å²) in [5.41, 5.74) is -1.42. The minimum atomic E-state index is -8.55. The average molecular weight is 1700 g/mol. The number of halogens is 8. The molecule has 0 heterocycles. The first-order valence-corrected chi connectivity index (χ1v) is 38.9. The molecular formula is C70H117BrClF6N2O24PS2. The van der Waals surface area contributed by atoms with Crippen LogP contribution >= 0.6 is 19.8 Å². The predicted octanol–water partition coefficient (Wildman–Crippen LogP) is 6.94. The van der Waals surface area contributed by atoms with E-state index in [4.69, 9.17) is 54.2 Å². The molecule has 0 aliphatic rings. The molecule has 0 saturated heterocycles. The van der Waals surface area contributed by atoms with Crippen molar-refractivity contribution in [3.8, 4) is 0 Å². The Morgan fingerprint density at radius 1 is 0.495 bits per heavy atom. The van der Waals surface area contributed by atoms with Gasteiger partial charge in [0.1, 0.15) is 37.4 Å². The van der Waals surface area contributed by atoms with Crippen LogP contribution in [0, 0.1) is 0 Å². The molecule has 1 atom stereocenters. The van der Waals surface area contributed by atoms with Crippen LogP contribution in [0.1, 0.15) is 169 Å². The number of carbonyl (C=O) groups is 9. The maximum atomic E-state index is 12.6. The number of benzene rings is 1. The Morgan fingerprint density at radius 3 is 1.15 bits per heavy atom. The van der Waals surface area contributed by atoms with Gasteiger partial charge in [-0.15, -0.1) is 11.6 Å². The van der Waals surface area contributed by atoms with Gasteiger partial charge < -0.3 is 73.3 Å². The van der Waals surface area contributed by atoms with Crippen molar-refractivity contribution >= 4 is 99.8 Å². The predicted molar refractivity (Wildman–Crippen MR) is 391 cm³/mol. The third-order valence-corrected chi connectivity index (χ3v) is 16.7. The van der Waals surface area contributed by atoms with Crippen LogP contribution in [0.15, 0.2) is 80.0 Å². The zero-order valence-corrected chi connectivity index (χ0v) is 70.9. The molecule has 0 spiro atoms. The second-order valence-electron chi connectivity index (χ2n) is 25.8. The number of hydrogen-bond acceptors (Lipinski definition) is 24. The zero-order valence-electron chi connectivity index (χ0n) is 66.1. The van der Waals surface area contributed by atoms with Crippen LogP contribution in [-0.4, -0.2) is 211 Å². The third kappa shape index (κ3) is 51.7. The molecule has 0 aliphatic heterocycles. The van der Waals surface area contributed by atoms with E-state index >= 15 is 0 Å². The fourth-order valence-electron chi connectivity index (χ4n) is 8.70. The van der Waals surface area contributed by atoms with Gasteiger partial charge in [0.2, 0.25) is 0 Å². The molecule has 0 aliphatic carbocycles. The topological polar surface area (TPSA) is 323 Å². The molecule has 624 valence electrons. The molecule has 0 amide bonds. The van der Waals surface area contributed by atoms with Gasteiger partial charge in [0.05, 0.1) is 78.2 Å². The van der Waals surface area contributed by atoms with E-state index in [0.717, 1.165) is 73.5 Å². The van der Waals surface area contributed by atoms with Crippen molar-refractivity contribution in [2.75, 3.05) is 98.0 Å². The quantitative estimate of drug-likeness (QED) is 0.00741. The second kappa shape index (κ2) is 52.0. The van der Waals surface area contributed by atoms with Crippen LogP contribution in [0.2, 0.25) is 0 Å². The van der Waals surface area contributed by atoms with Gasteiger partial charge in [0.25, 0.3) is 20.2 Å². The van der Waals surface area contributed by atoms with Crippen molar-refractivity contribution in [2.24, 2.45) is 0 Å². The molecule has 1 unspecified atom stereocenters. The van der Waals surface area contributed by atoms with E-state index in [1.54, 1.807) is 33.8 Å². The number of hydrogen-bond donors (Lipinski definition) is 0. The molecule has 1 aromatic rings. The van der Waals surface area contributed by atoms with E-state index in [1.807, 2.05) is 52.0 Å². The van der Waals surface area contributed by atoms with E-state index in [0.29, 0.717) is 41.5 Å². The first kappa shape index (κ1) is 114. The fourth-order valence-corrected chi connectivity index (χ4v) is 10.4. The number of ether oxygens (including phenoxy) is 9. The minimum Gasteiger partial charge on any atom is -1.00 e. The van der Waals surface area contributed by atoms with Crippen LogP contribution in [-0.2, 0) is 121 Å². The average Bonchev–Trinajstić information content (AvgIpc) is 0.788. The van der Waals surface area contributed by atoms with Gasteiger partial charge >= 0.3 is 82.9 Å². The number of likely N-dealkylation sites (N-methyl/N-ethyl adjacent to an activating group) is 2. The van der Waals surface area contributed by atoms with Gasteiger partial charge in [-0.3, -0.25) is 13.2 Å². The molecule has 1 aromatic carbocycles. The summed E-state index contributed by atoms with van der Waals surface area (Å²) in [5.74, 6) is -4.54. The van der Waals surface area contributed by atoms with E-state index in [9.17, 15) is 81.0 Å². The van der Waals surface area contributed by atoms with Crippen LogP contribution in [0.25, 0.3) is 6.08 Å². The molecule has 26 nitrogen and oxygen atoms in total. The fraction of sp³-hybridized carbons (Fsp3) is 0.643. The van der Waals surface area contributed by atoms with Crippen molar-refractivity contribution in [1.29, 1.82) is 0 Å². The second-order valence-corrected chi connectivity index (χ2v) is 31.2. The van der Waals surface area contributed by atoms with Crippen molar-refractivity contribution in [3.63, 3.8) is 0 Å². The molecule has 0 N–H and O–H groups in total. The number of esters is 9. The van der Waals surface area contributed by atoms with Gasteiger partial charge in [-0.1, -0.05) is 63.2 Å². The molecular weight excluding hydrogens is 1580 g/mol. The smallest absolute Gasteiger partial charge is 1.00 e. The monoisotopic (exact) mass is 1690 g/mol. The van der Waals surface area contributed by atoms with Gasteiger partial charge in [0.15, 0.2) is 22.3 Å². The Labute approximate surface area is 645 Å². The summed E-state index contributed by atoms with van der Waals surface area (Å²) < 4.78 is 149. The third-order valence-electron chi connectivity index (χ3n) is 15.1. The zero-order chi connectivity index (χ0) is 83.6. The van der Waals surface area contributed by atoms with Crippen LogP contribution in [0.5, 0.6) is 0 Å². The van der Waals surface area contributed by atoms with Gasteiger partial charge in [0, 0.05) is 56.9 Å². The summed E-state index contributed by atoms with van der Waals surface area (Å²) >= 11 is 5.72. The normalized spacial score (nSPS) is 12.2. The number of alkyl halides is 1. The number of unbranched alkanes of at least 4 members (excludes halogenated alkanes) is 1. The summed E-state index contributed by atoms with van der Waals surface area (Å²) in [7, 11) is -16.1. The van der Waals surface area contributed by atoms with Crippen molar-refractivity contribution in [2.45, 2.75) is 198 Å². The Morgan fingerprint density at radius 2 is 0.804 bits per heavy atom. The molecule has 107 heavy (non-hydrogen) atoms. The number of nitrogens with zero attached hydrogens (tertiary/aromatic N) is 2. The number of carbonyl (C=O) groups excluding carboxylic acids is 9. The molecule has 0 aromatic heterocycles. The van der Waals surface area contributed by atoms with Gasteiger partial charge in [-0.25, -0.2) is 38.4 Å². The van der Waals surface area contributed by atoms with Crippen molar-refractivity contribution < 1.29 is 163 Å². The molecule has 0 saturated carbocycles. The maximum Gasteiger partial charge on any atom is -1.00 e. The molecule has 37 heteroatoms. The van der Waals surface area contributed by atoms with E-state index in [-0.39, 0.29) is 85.4 Å². The molecule has 0 bridgehead atoms. The van der Waals surface area contributed by atoms with Crippen LogP contribution < -0.4 is 21.7 Å². The summed E-state index contributed by atoms with van der Waals surface area (Å²) in [6, 6.07) is 7.90. The maximum absolute atomic E-state index is 12.6. The van der Waals surface area contributed by atoms with E-state index in [2.05, 4.69) is 82.8 Å². The largest absolute Gasteiger partial charge is 1.00 e. The number of quaternary nitrogens is 2. The summed E-state index contributed by atoms with van der Waals surface area (Å²) in [6.07, 6.45) is 5.24. The Bertz CT molecular complexity index is 3230. The first-order chi connectivity index (χ1) is 47.5. The van der Waals surface area contributed by atoms with E-state index < -0.39 is 103 Å². The minimum absolute atomic E-state index is 0. The Balaban J connectivity index is -0.000000229. The standard InChI is InChI=1S/C19H30NO2.C16H30NO4.2C12H20O7S.C11H17ClO4.BrH.F5P.FH/c1-7-16-11-13-17(14-12-16)15-22-18(21)19(5,6)20(8-2,9-3)10-4;1-8-17(9-2,10-3)16(6,7)15(19)21-12-11-20-14(18)13(4)5;1-8(2)10(13)17-7-9(3)18-11(14)12(4,5)19-20(6,15)16;1-5-10(13)17-8-6-7-9-18-11(14)12(2,3)19-20(4,15)16;1-8(2)9(13)15-6-5-7-16-10(14)11(3,4)12;;1-6(2,3,4)5;/h7,11-14H,1,8-10,15H2,2-6H3;4,8-12H2,1-3,5-7H3;9H,1,7H2,2-6H3;5H,1,6-9H2,2-4H3;1,5-7H2,2-4H3;1H;;1H/q2*+1;;;;;;/p-2. The molecule has 0 fully saturated rings. The van der Waals surface area contributed by atoms with Crippen molar-refractivity contribution in [3.05, 3.63) is 91.1 Å². The van der Waals surface area contributed by atoms with Gasteiger partial charge in [-0.05, 0) is 135 Å². The summed E-state index contributed by atoms with van der Waals surface area (Å²) in [5, 5.41) is 0. The van der Waals surface area contributed by atoms with Crippen molar-refractivity contribution in [1.82, 2.24) is 0 Å². The van der Waals surface area contributed by atoms with E-state index in [1.165, 1.54) is 41.5 Å². The molecule has 1 rings (SSSR count). The molecule has 0 radical (unpaired) electrons. The van der Waals surface area contributed by atoms with Gasteiger partial charge in [-0.2, -0.15) is 16.8 Å². The SMILES string of the molecule is C=C(C)C(=O)OCC(C)OC(=O)C(C)(C)OS(C)(=O)=O.C=C(C)C(=O)OCCCOC(=O)C(C)(C)Cl.C=C(C)C(=O)OCCOC(=O)C(C)(C)[N+](CC)(CC)CC.C=CC(=O)OCCCCOC(=O)C(C)(C)OS(C)(=O)=O.C=Cc1ccc(COC(=O)C(C)(C)[N+](CC)(CC)CC)cc1.FP(F)(F)(F)F.[Br-].[F-]. The van der Waals surface area contributed by atoms with Crippen LogP contribution in [0.3, 0.4) is 0 Å². The number of rotatable bonds is 39. The Kier molecular flexibility index (Phi) is 55.3. The van der Waals surface area contributed by atoms with Crippen LogP contribution in [0.4, 0.5) is 21.0 Å². The Hall–Kier alpha value is -6.33.